The van der Waals surface area contributed by atoms with Crippen molar-refractivity contribution in [2.45, 2.75) is 46.1 Å². The van der Waals surface area contributed by atoms with E-state index in [-0.39, 0.29) is 0 Å². The first-order valence-corrected chi connectivity index (χ1v) is 5.50. The molecule has 0 aromatic heterocycles. The second-order valence-electron chi connectivity index (χ2n) is 3.64. The Morgan fingerprint density at radius 1 is 1.43 bits per heavy atom. The van der Waals surface area contributed by atoms with Crippen molar-refractivity contribution in [2.75, 3.05) is 20.3 Å². The van der Waals surface area contributed by atoms with E-state index in [0.717, 1.165) is 31.6 Å². The van der Waals surface area contributed by atoms with E-state index < -0.39 is 0 Å². The number of methoxy groups -OCH3 is 1. The molecule has 1 unspecified atom stereocenters. The van der Waals surface area contributed by atoms with Gasteiger partial charge in [-0.15, -0.1) is 0 Å². The van der Waals surface area contributed by atoms with E-state index in [0.29, 0.717) is 12.6 Å². The van der Waals surface area contributed by atoms with Crippen molar-refractivity contribution < 1.29 is 4.74 Å². The van der Waals surface area contributed by atoms with Gasteiger partial charge >= 0.3 is 0 Å². The number of rotatable bonds is 7. The van der Waals surface area contributed by atoms with Crippen LogP contribution in [0.4, 0.5) is 0 Å². The molecule has 0 saturated carbocycles. The van der Waals surface area contributed by atoms with Crippen LogP contribution in [-0.2, 0) is 4.74 Å². The van der Waals surface area contributed by atoms with Crippen molar-refractivity contribution in [1.82, 2.24) is 4.90 Å². The van der Waals surface area contributed by atoms with E-state index in [2.05, 4.69) is 25.7 Å². The molecule has 1 N–H and O–H groups in total. The van der Waals surface area contributed by atoms with Crippen LogP contribution in [0.5, 0.6) is 0 Å². The molecule has 1 atom stereocenters. The molecule has 0 saturated heterocycles. The van der Waals surface area contributed by atoms with Crippen molar-refractivity contribution in [3.63, 3.8) is 0 Å². The Morgan fingerprint density at radius 2 is 2.07 bits per heavy atom. The number of hydrogen-bond donors (Lipinski definition) is 1. The average Bonchev–Trinajstić information content (AvgIpc) is 2.18. The second-order valence-corrected chi connectivity index (χ2v) is 3.64. The molecule has 0 bridgehead atoms. The van der Waals surface area contributed by atoms with Crippen LogP contribution in [0.15, 0.2) is 0 Å². The number of nitrogens with one attached hydrogen (secondary N) is 1. The van der Waals surface area contributed by atoms with E-state index in [9.17, 15) is 0 Å². The Bertz CT molecular complexity index is 159. The lowest BCUT2D eigenvalue weighted by Crippen LogP contribution is -2.39. The molecule has 3 heteroatoms. The number of ether oxygens (including phenoxy) is 1. The molecule has 0 aromatic carbocycles. The minimum absolute atomic E-state index is 0.448. The van der Waals surface area contributed by atoms with Crippen LogP contribution in [0.3, 0.4) is 0 Å². The maximum atomic E-state index is 7.93. The SMILES string of the molecule is CCCC(=N)N(CCOC)C(C)CC. The zero-order valence-corrected chi connectivity index (χ0v) is 9.97. The highest BCUT2D eigenvalue weighted by Gasteiger charge is 2.14. The summed E-state index contributed by atoms with van der Waals surface area (Å²) < 4.78 is 5.06. The van der Waals surface area contributed by atoms with Crippen molar-refractivity contribution in [3.05, 3.63) is 0 Å². The third kappa shape index (κ3) is 4.61. The van der Waals surface area contributed by atoms with E-state index in [1.54, 1.807) is 7.11 Å². The first-order valence-electron chi connectivity index (χ1n) is 5.50. The number of nitrogens with zero attached hydrogens (tertiary/aromatic N) is 1. The summed E-state index contributed by atoms with van der Waals surface area (Å²) in [6.07, 6.45) is 2.99. The molecular weight excluding hydrogens is 176 g/mol. The van der Waals surface area contributed by atoms with Gasteiger partial charge in [0.25, 0.3) is 0 Å². The molecule has 0 amide bonds. The normalized spacial score (nSPS) is 12.6. The molecule has 0 radical (unpaired) electrons. The molecule has 0 aliphatic rings. The highest BCUT2D eigenvalue weighted by atomic mass is 16.5. The molecule has 0 spiro atoms. The van der Waals surface area contributed by atoms with E-state index >= 15 is 0 Å². The van der Waals surface area contributed by atoms with Gasteiger partial charge in [-0.1, -0.05) is 13.8 Å². The maximum absolute atomic E-state index is 7.93. The van der Waals surface area contributed by atoms with Gasteiger partial charge in [0, 0.05) is 26.1 Å². The second kappa shape index (κ2) is 7.80. The fourth-order valence-corrected chi connectivity index (χ4v) is 1.41. The van der Waals surface area contributed by atoms with Crippen molar-refractivity contribution >= 4 is 5.84 Å². The van der Waals surface area contributed by atoms with Gasteiger partial charge in [-0.05, 0) is 19.8 Å². The van der Waals surface area contributed by atoms with Crippen LogP contribution in [0.2, 0.25) is 0 Å². The van der Waals surface area contributed by atoms with E-state index in [4.69, 9.17) is 10.1 Å². The van der Waals surface area contributed by atoms with E-state index in [1.165, 1.54) is 0 Å². The maximum Gasteiger partial charge on any atom is 0.0960 e. The lowest BCUT2D eigenvalue weighted by Gasteiger charge is -2.30. The van der Waals surface area contributed by atoms with Crippen LogP contribution in [0.1, 0.15) is 40.0 Å². The molecule has 0 fully saturated rings. The Kier molecular flexibility index (Phi) is 7.48. The highest BCUT2D eigenvalue weighted by Crippen LogP contribution is 2.07. The Labute approximate surface area is 87.9 Å². The molecule has 0 rings (SSSR count). The molecular formula is C11H24N2O. The number of amidine groups is 1. The highest BCUT2D eigenvalue weighted by molar-refractivity contribution is 5.79. The minimum atomic E-state index is 0.448. The third-order valence-electron chi connectivity index (χ3n) is 2.49. The van der Waals surface area contributed by atoms with Gasteiger partial charge in [0.2, 0.25) is 0 Å². The van der Waals surface area contributed by atoms with E-state index in [1.807, 2.05) is 0 Å². The summed E-state index contributed by atoms with van der Waals surface area (Å²) in [6.45, 7) is 7.98. The van der Waals surface area contributed by atoms with Crippen LogP contribution in [0.25, 0.3) is 0 Å². The largest absolute Gasteiger partial charge is 0.383 e. The summed E-state index contributed by atoms with van der Waals surface area (Å²) in [5.74, 6) is 0.749. The summed E-state index contributed by atoms with van der Waals surface area (Å²) in [6, 6.07) is 0.448. The topological polar surface area (TPSA) is 36.3 Å². The Morgan fingerprint density at radius 3 is 2.50 bits per heavy atom. The summed E-state index contributed by atoms with van der Waals surface area (Å²) >= 11 is 0. The number of hydrogen-bond acceptors (Lipinski definition) is 2. The lowest BCUT2D eigenvalue weighted by molar-refractivity contribution is 0.161. The van der Waals surface area contributed by atoms with Crippen molar-refractivity contribution in [3.8, 4) is 0 Å². The van der Waals surface area contributed by atoms with Gasteiger partial charge in [-0.3, -0.25) is 5.41 Å². The first kappa shape index (κ1) is 13.4. The fourth-order valence-electron chi connectivity index (χ4n) is 1.41. The Hall–Kier alpha value is -0.570. The van der Waals surface area contributed by atoms with Crippen LogP contribution < -0.4 is 0 Å². The Balaban J connectivity index is 4.15. The average molecular weight is 200 g/mol. The molecule has 3 nitrogen and oxygen atoms in total. The smallest absolute Gasteiger partial charge is 0.0960 e. The quantitative estimate of drug-likeness (QED) is 0.506. The van der Waals surface area contributed by atoms with Crippen LogP contribution in [-0.4, -0.2) is 37.0 Å². The molecule has 0 aliphatic carbocycles. The molecule has 14 heavy (non-hydrogen) atoms. The van der Waals surface area contributed by atoms with Crippen LogP contribution >= 0.6 is 0 Å². The predicted molar refractivity (Wildman–Crippen MR) is 61.0 cm³/mol. The van der Waals surface area contributed by atoms with Crippen LogP contribution in [0, 0.1) is 5.41 Å². The van der Waals surface area contributed by atoms with Gasteiger partial charge in [-0.25, -0.2) is 0 Å². The summed E-state index contributed by atoms with van der Waals surface area (Å²) in [4.78, 5) is 2.15. The molecule has 0 heterocycles. The summed E-state index contributed by atoms with van der Waals surface area (Å²) in [5, 5.41) is 7.93. The third-order valence-corrected chi connectivity index (χ3v) is 2.49. The monoisotopic (exact) mass is 200 g/mol. The molecule has 0 aliphatic heterocycles. The predicted octanol–water partition coefficient (Wildman–Crippen LogP) is 2.51. The van der Waals surface area contributed by atoms with Crippen molar-refractivity contribution in [1.29, 1.82) is 5.41 Å². The van der Waals surface area contributed by atoms with Gasteiger partial charge in [-0.2, -0.15) is 0 Å². The summed E-state index contributed by atoms with van der Waals surface area (Å²) in [5.41, 5.74) is 0. The minimum Gasteiger partial charge on any atom is -0.383 e. The fraction of sp³-hybridized carbons (Fsp3) is 0.909. The molecule has 0 aromatic rings. The van der Waals surface area contributed by atoms with Crippen molar-refractivity contribution in [2.24, 2.45) is 0 Å². The zero-order chi connectivity index (χ0) is 11.0. The molecule has 84 valence electrons. The standard InChI is InChI=1S/C11H24N2O/c1-5-7-11(12)13(8-9-14-4)10(3)6-2/h10,12H,5-9H2,1-4H3. The van der Waals surface area contributed by atoms with Gasteiger partial charge in [0.05, 0.1) is 12.4 Å². The zero-order valence-electron chi connectivity index (χ0n) is 9.97. The lowest BCUT2D eigenvalue weighted by atomic mass is 10.2. The van der Waals surface area contributed by atoms with Gasteiger partial charge in [0.1, 0.15) is 0 Å². The van der Waals surface area contributed by atoms with Gasteiger partial charge in [0.15, 0.2) is 0 Å². The first-order chi connectivity index (χ1) is 6.67. The van der Waals surface area contributed by atoms with Gasteiger partial charge < -0.3 is 9.64 Å². The summed E-state index contributed by atoms with van der Waals surface area (Å²) in [7, 11) is 1.71.